The lowest BCUT2D eigenvalue weighted by Crippen LogP contribution is -2.54. The van der Waals surface area contributed by atoms with Crippen LogP contribution in [0.3, 0.4) is 0 Å². The summed E-state index contributed by atoms with van der Waals surface area (Å²) in [5, 5.41) is 8.99. The van der Waals surface area contributed by atoms with Gasteiger partial charge in [-0.25, -0.2) is 4.79 Å². The minimum absolute atomic E-state index is 0.0506. The molecular weight excluding hydrogens is 276 g/mol. The molecule has 0 radical (unpaired) electrons. The van der Waals surface area contributed by atoms with Gasteiger partial charge in [-0.1, -0.05) is 13.3 Å². The lowest BCUT2D eigenvalue weighted by molar-refractivity contribution is -0.138. The number of carbonyl (C=O) groups excluding carboxylic acids is 1. The van der Waals surface area contributed by atoms with E-state index in [4.69, 9.17) is 5.11 Å². The van der Waals surface area contributed by atoms with Gasteiger partial charge in [0.2, 0.25) is 0 Å². The highest BCUT2D eigenvalue weighted by molar-refractivity contribution is 7.99. The van der Waals surface area contributed by atoms with Gasteiger partial charge in [0.15, 0.2) is 0 Å². The Hall–Kier alpha value is -0.910. The maximum atomic E-state index is 12.7. The summed E-state index contributed by atoms with van der Waals surface area (Å²) >= 11 is 1.74. The minimum Gasteiger partial charge on any atom is -0.481 e. The maximum Gasteiger partial charge on any atom is 0.320 e. The summed E-state index contributed by atoms with van der Waals surface area (Å²) in [5.74, 6) is 1.43. The Morgan fingerprint density at radius 2 is 2.15 bits per heavy atom. The number of rotatable bonds is 3. The van der Waals surface area contributed by atoms with Crippen LogP contribution in [-0.2, 0) is 4.79 Å². The molecule has 2 amide bonds. The molecule has 0 aromatic carbocycles. The van der Waals surface area contributed by atoms with Crippen LogP contribution in [0.2, 0.25) is 0 Å². The Morgan fingerprint density at radius 1 is 1.35 bits per heavy atom. The Kier molecular flexibility index (Phi) is 5.57. The normalized spacial score (nSPS) is 27.4. The zero-order valence-corrected chi connectivity index (χ0v) is 12.9. The lowest BCUT2D eigenvalue weighted by atomic mass is 9.96. The van der Waals surface area contributed by atoms with Crippen molar-refractivity contribution in [2.75, 3.05) is 31.1 Å². The molecule has 2 aliphatic heterocycles. The van der Waals surface area contributed by atoms with Crippen LogP contribution in [0.1, 0.15) is 32.6 Å². The highest BCUT2D eigenvalue weighted by Crippen LogP contribution is 2.24. The summed E-state index contributed by atoms with van der Waals surface area (Å²) in [6.07, 6.45) is 3.44. The third-order valence-electron chi connectivity index (χ3n) is 4.25. The van der Waals surface area contributed by atoms with Crippen LogP contribution in [0.15, 0.2) is 0 Å². The molecule has 6 heteroatoms. The van der Waals surface area contributed by atoms with Crippen molar-refractivity contribution in [3.8, 4) is 0 Å². The van der Waals surface area contributed by atoms with E-state index in [0.29, 0.717) is 12.5 Å². The Labute approximate surface area is 124 Å². The number of carboxylic acids is 1. The zero-order valence-electron chi connectivity index (χ0n) is 12.1. The van der Waals surface area contributed by atoms with E-state index >= 15 is 0 Å². The number of piperidine rings is 1. The molecule has 2 rings (SSSR count). The predicted octanol–water partition coefficient (Wildman–Crippen LogP) is 2.12. The second kappa shape index (κ2) is 7.20. The fraction of sp³-hybridized carbons (Fsp3) is 0.857. The number of amides is 2. The summed E-state index contributed by atoms with van der Waals surface area (Å²) in [5.41, 5.74) is 0. The smallest absolute Gasteiger partial charge is 0.320 e. The van der Waals surface area contributed by atoms with E-state index in [1.54, 1.807) is 16.7 Å². The Morgan fingerprint density at radius 3 is 2.85 bits per heavy atom. The third kappa shape index (κ3) is 3.81. The number of nitrogens with zero attached hydrogens (tertiary/aromatic N) is 2. The van der Waals surface area contributed by atoms with E-state index in [-0.39, 0.29) is 18.5 Å². The monoisotopic (exact) mass is 300 g/mol. The first-order chi connectivity index (χ1) is 9.61. The number of carboxylic acid groups (broad SMARTS) is 1. The van der Waals surface area contributed by atoms with Crippen LogP contribution < -0.4 is 0 Å². The molecule has 2 aliphatic rings. The maximum absolute atomic E-state index is 12.7. The predicted molar refractivity (Wildman–Crippen MR) is 80.1 cm³/mol. The molecule has 0 aromatic rings. The van der Waals surface area contributed by atoms with E-state index < -0.39 is 5.97 Å². The van der Waals surface area contributed by atoms with Crippen LogP contribution >= 0.6 is 11.8 Å². The van der Waals surface area contributed by atoms with E-state index in [2.05, 4.69) is 6.92 Å². The van der Waals surface area contributed by atoms with Crippen molar-refractivity contribution in [2.24, 2.45) is 5.92 Å². The van der Waals surface area contributed by atoms with Crippen molar-refractivity contribution in [1.29, 1.82) is 0 Å². The summed E-state index contributed by atoms with van der Waals surface area (Å²) < 4.78 is 0. The average Bonchev–Trinajstić information content (AvgIpc) is 2.46. The Balaban J connectivity index is 1.99. The molecule has 2 atom stereocenters. The van der Waals surface area contributed by atoms with Crippen molar-refractivity contribution in [2.45, 2.75) is 38.6 Å². The molecule has 2 unspecified atom stereocenters. The lowest BCUT2D eigenvalue weighted by Gasteiger charge is -2.41. The van der Waals surface area contributed by atoms with Gasteiger partial charge in [-0.05, 0) is 18.8 Å². The Bertz CT molecular complexity index is 364. The number of hydrogen-bond acceptors (Lipinski definition) is 3. The van der Waals surface area contributed by atoms with Crippen molar-refractivity contribution >= 4 is 23.8 Å². The largest absolute Gasteiger partial charge is 0.481 e. The molecule has 0 spiro atoms. The van der Waals surface area contributed by atoms with E-state index in [1.807, 2.05) is 4.90 Å². The first-order valence-electron chi connectivity index (χ1n) is 7.47. The molecule has 2 heterocycles. The van der Waals surface area contributed by atoms with Gasteiger partial charge in [0, 0.05) is 31.1 Å². The standard InChI is InChI=1S/C14H24N2O3S/c1-2-11-4-3-5-15(9-11)14(19)16-6-7-20-10-12(16)8-13(17)18/h11-12H,2-10H2,1H3,(H,17,18). The van der Waals surface area contributed by atoms with Crippen LogP contribution in [0.4, 0.5) is 4.79 Å². The van der Waals surface area contributed by atoms with Crippen LogP contribution in [0.25, 0.3) is 0 Å². The second-order valence-corrected chi connectivity index (χ2v) is 6.81. The first-order valence-corrected chi connectivity index (χ1v) is 8.62. The van der Waals surface area contributed by atoms with Crippen LogP contribution in [-0.4, -0.2) is 64.1 Å². The molecule has 2 saturated heterocycles. The SMILES string of the molecule is CCC1CCCN(C(=O)N2CCSCC2CC(=O)O)C1. The van der Waals surface area contributed by atoms with Gasteiger partial charge < -0.3 is 14.9 Å². The number of hydrogen-bond donors (Lipinski definition) is 1. The molecule has 0 bridgehead atoms. The van der Waals surface area contributed by atoms with Crippen molar-refractivity contribution in [1.82, 2.24) is 9.80 Å². The van der Waals surface area contributed by atoms with Gasteiger partial charge in [-0.3, -0.25) is 4.79 Å². The second-order valence-electron chi connectivity index (χ2n) is 5.67. The molecule has 20 heavy (non-hydrogen) atoms. The van der Waals surface area contributed by atoms with Gasteiger partial charge >= 0.3 is 12.0 Å². The van der Waals surface area contributed by atoms with Crippen molar-refractivity contribution in [3.63, 3.8) is 0 Å². The van der Waals surface area contributed by atoms with Gasteiger partial charge in [0.25, 0.3) is 0 Å². The zero-order chi connectivity index (χ0) is 14.5. The quantitative estimate of drug-likeness (QED) is 0.867. The number of aliphatic carboxylic acids is 1. The van der Waals surface area contributed by atoms with Crippen LogP contribution in [0.5, 0.6) is 0 Å². The fourth-order valence-electron chi connectivity index (χ4n) is 3.03. The topological polar surface area (TPSA) is 60.9 Å². The highest BCUT2D eigenvalue weighted by atomic mass is 32.2. The number of thioether (sulfide) groups is 1. The highest BCUT2D eigenvalue weighted by Gasteiger charge is 2.33. The third-order valence-corrected chi connectivity index (χ3v) is 5.34. The molecule has 1 N–H and O–H groups in total. The molecule has 2 fully saturated rings. The van der Waals surface area contributed by atoms with Gasteiger partial charge in [0.1, 0.15) is 0 Å². The first kappa shape index (κ1) is 15.5. The van der Waals surface area contributed by atoms with E-state index in [0.717, 1.165) is 37.4 Å². The van der Waals surface area contributed by atoms with Crippen molar-refractivity contribution in [3.05, 3.63) is 0 Å². The summed E-state index contributed by atoms with van der Waals surface area (Å²) in [6.45, 7) is 4.50. The summed E-state index contributed by atoms with van der Waals surface area (Å²) in [7, 11) is 0. The van der Waals surface area contributed by atoms with E-state index in [1.165, 1.54) is 6.42 Å². The average molecular weight is 300 g/mol. The minimum atomic E-state index is -0.819. The van der Waals surface area contributed by atoms with Gasteiger partial charge in [0.05, 0.1) is 12.5 Å². The van der Waals surface area contributed by atoms with E-state index in [9.17, 15) is 9.59 Å². The number of carbonyl (C=O) groups is 2. The summed E-state index contributed by atoms with van der Waals surface area (Å²) in [6, 6.07) is -0.101. The number of likely N-dealkylation sites (tertiary alicyclic amines) is 1. The molecule has 0 aromatic heterocycles. The van der Waals surface area contributed by atoms with Gasteiger partial charge in [-0.2, -0.15) is 11.8 Å². The summed E-state index contributed by atoms with van der Waals surface area (Å²) in [4.78, 5) is 27.3. The molecule has 0 saturated carbocycles. The van der Waals surface area contributed by atoms with Gasteiger partial charge in [-0.15, -0.1) is 0 Å². The molecule has 114 valence electrons. The molecule has 5 nitrogen and oxygen atoms in total. The molecule has 0 aliphatic carbocycles. The van der Waals surface area contributed by atoms with Crippen LogP contribution in [0, 0.1) is 5.92 Å². The van der Waals surface area contributed by atoms with Crippen molar-refractivity contribution < 1.29 is 14.7 Å². The molecular formula is C14H24N2O3S. The fourth-order valence-corrected chi connectivity index (χ4v) is 4.09. The number of urea groups is 1.